The van der Waals surface area contributed by atoms with Crippen molar-refractivity contribution in [3.05, 3.63) is 94.6 Å². The number of hydrogen-bond acceptors (Lipinski definition) is 4. The Balaban J connectivity index is 0.000000327. The lowest BCUT2D eigenvalue weighted by Gasteiger charge is -2.19. The van der Waals surface area contributed by atoms with Crippen LogP contribution in [0, 0.1) is 6.92 Å². The molecule has 0 fully saturated rings. The zero-order chi connectivity index (χ0) is 31.0. The maximum Gasteiger partial charge on any atom is 0.200 e. The van der Waals surface area contributed by atoms with Gasteiger partial charge in [-0.1, -0.05) is 109 Å². The summed E-state index contributed by atoms with van der Waals surface area (Å²) in [6, 6.07) is 19.3. The molecule has 1 aliphatic heterocycles. The number of aliphatic imine (C=N–C) groups is 1. The highest BCUT2D eigenvalue weighted by atomic mass is 16.3. The predicted octanol–water partition coefficient (Wildman–Crippen LogP) is 11.5. The molecule has 0 spiro atoms. The second-order valence-electron chi connectivity index (χ2n) is 14.6. The summed E-state index contributed by atoms with van der Waals surface area (Å²) >= 11 is 0. The van der Waals surface area contributed by atoms with E-state index in [1.54, 1.807) is 0 Å². The van der Waals surface area contributed by atoms with Gasteiger partial charge in [0.25, 0.3) is 0 Å². The molecule has 0 N–H and O–H groups in total. The smallest absolute Gasteiger partial charge is 0.200 e. The Kier molecular flexibility index (Phi) is 12.7. The Labute approximate surface area is 274 Å². The van der Waals surface area contributed by atoms with Crippen molar-refractivity contribution in [2.24, 2.45) is 12.0 Å². The van der Waals surface area contributed by atoms with E-state index in [4.69, 9.17) is 4.42 Å². The van der Waals surface area contributed by atoms with Gasteiger partial charge >= 0.3 is 0 Å². The minimum atomic E-state index is -0.0209. The van der Waals surface area contributed by atoms with E-state index in [2.05, 4.69) is 134 Å². The third-order valence-electron chi connectivity index (χ3n) is 7.63. The Morgan fingerprint density at radius 2 is 1.29 bits per heavy atom. The zero-order valence-electron chi connectivity index (χ0n) is 27.7. The highest BCUT2D eigenvalue weighted by Gasteiger charge is 2.21. The van der Waals surface area contributed by atoms with Gasteiger partial charge in [0, 0.05) is 23.7 Å². The van der Waals surface area contributed by atoms with E-state index in [-0.39, 0.29) is 38.5 Å². The van der Waals surface area contributed by atoms with Crippen molar-refractivity contribution in [1.82, 2.24) is 14.5 Å². The van der Waals surface area contributed by atoms with E-state index in [9.17, 15) is 0 Å². The first-order valence-corrected chi connectivity index (χ1v) is 14.9. The summed E-state index contributed by atoms with van der Waals surface area (Å²) < 4.78 is 7.75. The van der Waals surface area contributed by atoms with Gasteiger partial charge in [0.05, 0.1) is 23.9 Å². The number of hydrogen-bond donors (Lipinski definition) is 0. The van der Waals surface area contributed by atoms with Crippen LogP contribution < -0.4 is 0 Å². The molecular formula is C40H60N4O. The average molecular weight is 613 g/mol. The van der Waals surface area contributed by atoms with Gasteiger partial charge in [-0.3, -0.25) is 4.99 Å². The summed E-state index contributed by atoms with van der Waals surface area (Å²) in [5.74, 6) is 0.804. The van der Waals surface area contributed by atoms with E-state index in [0.717, 1.165) is 29.1 Å². The molecule has 2 aromatic heterocycles. The molecule has 1 aliphatic rings. The number of rotatable bonds is 0. The van der Waals surface area contributed by atoms with E-state index >= 15 is 0 Å². The molecule has 3 aromatic carbocycles. The van der Waals surface area contributed by atoms with Gasteiger partial charge in [-0.05, 0) is 77.3 Å². The maximum atomic E-state index is 5.70. The maximum absolute atomic E-state index is 5.70. The molecule has 0 atom stereocenters. The lowest BCUT2D eigenvalue weighted by atomic mass is 9.85. The van der Waals surface area contributed by atoms with Crippen LogP contribution in [0.4, 0.5) is 0 Å². The summed E-state index contributed by atoms with van der Waals surface area (Å²) in [6.07, 6.45) is 1.86. The lowest BCUT2D eigenvalue weighted by Crippen LogP contribution is -2.12. The quantitative estimate of drug-likeness (QED) is 0.175. The van der Waals surface area contributed by atoms with Crippen LogP contribution in [-0.4, -0.2) is 20.2 Å². The standard InChI is InChI=1S/C13H17N.C12H16N2.C12H15NO.3CH4/c1-9-12-7-11(13(2,3)4)6-5-10(12)8-14-9;1-12(2,3)9-5-6-11-10(7-9)13-8-14(11)4;1-8-5-6-9-10(7-8)14-11(13-9)12(2,3)4;;;/h5-7H,8H2,1-4H3;5-8H,1-4H3;5-7H,1-4H3;3*1H4. The van der Waals surface area contributed by atoms with Crippen LogP contribution in [0.25, 0.3) is 22.1 Å². The molecule has 0 amide bonds. The molecular weight excluding hydrogens is 552 g/mol. The number of benzene rings is 3. The molecule has 45 heavy (non-hydrogen) atoms. The number of nitrogens with zero attached hydrogens (tertiary/aromatic N) is 4. The monoisotopic (exact) mass is 612 g/mol. The van der Waals surface area contributed by atoms with Crippen LogP contribution in [0.1, 0.15) is 125 Å². The van der Waals surface area contributed by atoms with Crippen molar-refractivity contribution in [1.29, 1.82) is 0 Å². The summed E-state index contributed by atoms with van der Waals surface area (Å²) in [6.45, 7) is 24.7. The van der Waals surface area contributed by atoms with Crippen molar-refractivity contribution in [3.8, 4) is 0 Å². The van der Waals surface area contributed by atoms with Crippen molar-refractivity contribution in [2.75, 3.05) is 0 Å². The minimum Gasteiger partial charge on any atom is -0.440 e. The van der Waals surface area contributed by atoms with E-state index in [1.165, 1.54) is 39.0 Å². The van der Waals surface area contributed by atoms with E-state index in [0.29, 0.717) is 0 Å². The van der Waals surface area contributed by atoms with E-state index < -0.39 is 0 Å². The molecule has 0 radical (unpaired) electrons. The van der Waals surface area contributed by atoms with Gasteiger partial charge in [0.15, 0.2) is 5.58 Å². The lowest BCUT2D eigenvalue weighted by molar-refractivity contribution is 0.411. The fourth-order valence-corrected chi connectivity index (χ4v) is 4.76. The molecule has 246 valence electrons. The van der Waals surface area contributed by atoms with Gasteiger partial charge < -0.3 is 8.98 Å². The predicted molar refractivity (Wildman–Crippen MR) is 198 cm³/mol. The molecule has 0 saturated heterocycles. The van der Waals surface area contributed by atoms with Crippen molar-refractivity contribution in [2.45, 2.75) is 121 Å². The molecule has 5 aromatic rings. The van der Waals surface area contributed by atoms with Gasteiger partial charge in [-0.2, -0.15) is 0 Å². The third kappa shape index (κ3) is 9.39. The van der Waals surface area contributed by atoms with Crippen LogP contribution in [0.5, 0.6) is 0 Å². The molecule has 0 aliphatic carbocycles. The number of oxazole rings is 1. The molecule has 3 heterocycles. The Hall–Kier alpha value is -3.73. The van der Waals surface area contributed by atoms with Crippen molar-refractivity contribution >= 4 is 27.8 Å². The number of aromatic nitrogens is 3. The first kappa shape index (κ1) is 39.3. The Bertz CT molecular complexity index is 1720. The normalized spacial score (nSPS) is 12.4. The van der Waals surface area contributed by atoms with Crippen molar-refractivity contribution < 1.29 is 4.42 Å². The summed E-state index contributed by atoms with van der Waals surface area (Å²) in [5, 5.41) is 0. The number of fused-ring (bicyclic) bond motifs is 3. The summed E-state index contributed by atoms with van der Waals surface area (Å²) in [7, 11) is 2.02. The first-order valence-electron chi connectivity index (χ1n) is 14.9. The van der Waals surface area contributed by atoms with Crippen LogP contribution in [0.2, 0.25) is 0 Å². The largest absolute Gasteiger partial charge is 0.440 e. The Morgan fingerprint density at radius 3 is 1.89 bits per heavy atom. The van der Waals surface area contributed by atoms with E-state index in [1.807, 2.05) is 30.1 Å². The molecule has 5 nitrogen and oxygen atoms in total. The van der Waals surface area contributed by atoms with Crippen LogP contribution >= 0.6 is 0 Å². The molecule has 0 saturated carbocycles. The van der Waals surface area contributed by atoms with Crippen LogP contribution in [0.3, 0.4) is 0 Å². The minimum absolute atomic E-state index is 0. The number of aryl methyl sites for hydroxylation is 2. The second kappa shape index (κ2) is 14.6. The highest BCUT2D eigenvalue weighted by molar-refractivity contribution is 6.02. The molecule has 6 rings (SSSR count). The second-order valence-corrected chi connectivity index (χ2v) is 14.6. The van der Waals surface area contributed by atoms with Gasteiger partial charge in [0.1, 0.15) is 5.52 Å². The first-order chi connectivity index (χ1) is 19.4. The van der Waals surface area contributed by atoms with Crippen LogP contribution in [-0.2, 0) is 29.8 Å². The van der Waals surface area contributed by atoms with Crippen LogP contribution in [0.15, 0.2) is 70.3 Å². The van der Waals surface area contributed by atoms with Gasteiger partial charge in [-0.25, -0.2) is 9.97 Å². The third-order valence-corrected chi connectivity index (χ3v) is 7.63. The average Bonchev–Trinajstić information content (AvgIpc) is 3.60. The summed E-state index contributed by atoms with van der Waals surface area (Å²) in [5.41, 5.74) is 12.4. The Morgan fingerprint density at radius 1 is 0.689 bits per heavy atom. The fourth-order valence-electron chi connectivity index (χ4n) is 4.76. The number of imidazole rings is 1. The topological polar surface area (TPSA) is 56.2 Å². The van der Waals surface area contributed by atoms with Crippen molar-refractivity contribution in [3.63, 3.8) is 0 Å². The molecule has 0 unspecified atom stereocenters. The SMILES string of the molecule is C.C.C.CC1=NCc2ccc(C(C)(C)C)cc21.Cc1ccc2nc(C(C)(C)C)oc2c1.Cn1cnc2cc(C(C)(C)C)ccc21. The fraction of sp³-hybridized carbons (Fsp3) is 0.475. The molecule has 0 bridgehead atoms. The summed E-state index contributed by atoms with van der Waals surface area (Å²) in [4.78, 5) is 13.3. The highest BCUT2D eigenvalue weighted by Crippen LogP contribution is 2.28. The molecule has 5 heteroatoms. The van der Waals surface area contributed by atoms with Gasteiger partial charge in [-0.15, -0.1) is 0 Å². The zero-order valence-corrected chi connectivity index (χ0v) is 27.7. The van der Waals surface area contributed by atoms with Gasteiger partial charge in [0.2, 0.25) is 5.89 Å².